The Kier molecular flexibility index (Phi) is 11.3. The van der Waals surface area contributed by atoms with Crippen LogP contribution in [0.3, 0.4) is 0 Å². The summed E-state index contributed by atoms with van der Waals surface area (Å²) in [7, 11) is 1.36. The molecule has 4 aliphatic heterocycles. The fourth-order valence-electron chi connectivity index (χ4n) is 4.30. The van der Waals surface area contributed by atoms with E-state index in [0.29, 0.717) is 17.0 Å². The van der Waals surface area contributed by atoms with Gasteiger partial charge >= 0.3 is 12.1 Å². The molecule has 0 aromatic carbocycles. The average Bonchev–Trinajstić information content (AvgIpc) is 3.29. The number of hydrogen-bond donors (Lipinski definition) is 1. The van der Waals surface area contributed by atoms with Gasteiger partial charge in [0.25, 0.3) is 0 Å². The molecule has 0 bridgehead atoms. The molecule has 1 amide bonds. The summed E-state index contributed by atoms with van der Waals surface area (Å²) in [6, 6.07) is 0.205. The van der Waals surface area contributed by atoms with E-state index < -0.39 is 17.7 Å². The van der Waals surface area contributed by atoms with Crippen LogP contribution >= 0.6 is 59.5 Å². The van der Waals surface area contributed by atoms with Crippen molar-refractivity contribution in [2.45, 2.75) is 79.2 Å². The highest BCUT2D eigenvalue weighted by Gasteiger charge is 2.51. The first-order valence-corrected chi connectivity index (χ1v) is 15.4. The topological polar surface area (TPSA) is 67.9 Å². The smallest absolute Gasteiger partial charge is 0.411 e. The summed E-state index contributed by atoms with van der Waals surface area (Å²) in [4.78, 5) is 26.0. The van der Waals surface area contributed by atoms with Crippen LogP contribution in [0.15, 0.2) is 0 Å². The van der Waals surface area contributed by atoms with Gasteiger partial charge in [-0.15, -0.1) is 59.5 Å². The molecule has 11 heteroatoms. The molecule has 0 aromatic heterocycles. The Hall–Kier alpha value is 0.390. The maximum absolute atomic E-state index is 12.4. The minimum absolute atomic E-state index is 0. The van der Waals surface area contributed by atoms with Crippen molar-refractivity contribution in [1.29, 1.82) is 0 Å². The van der Waals surface area contributed by atoms with Crippen molar-refractivity contribution >= 4 is 71.5 Å². The summed E-state index contributed by atoms with van der Waals surface area (Å²) in [5.74, 6) is 4.54. The van der Waals surface area contributed by atoms with Crippen LogP contribution in [0.2, 0.25) is 0 Å². The second-order valence-electron chi connectivity index (χ2n) is 9.76. The van der Waals surface area contributed by atoms with Crippen molar-refractivity contribution in [3.63, 3.8) is 0 Å². The van der Waals surface area contributed by atoms with E-state index in [1.54, 1.807) is 4.90 Å². The van der Waals surface area contributed by atoms with Crippen molar-refractivity contribution in [3.8, 4) is 0 Å². The van der Waals surface area contributed by atoms with Crippen molar-refractivity contribution in [1.82, 2.24) is 10.2 Å². The van der Waals surface area contributed by atoms with Crippen molar-refractivity contribution in [2.24, 2.45) is 0 Å². The predicted molar refractivity (Wildman–Crippen MR) is 147 cm³/mol. The van der Waals surface area contributed by atoms with Crippen LogP contribution in [0.25, 0.3) is 0 Å². The van der Waals surface area contributed by atoms with Crippen LogP contribution in [-0.2, 0) is 14.3 Å². The summed E-state index contributed by atoms with van der Waals surface area (Å²) in [5.41, 5.74) is -0.569. The Bertz CT molecular complexity index is 662. The summed E-state index contributed by atoms with van der Waals surface area (Å²) in [5, 5.41) is 3.54. The molecule has 4 aliphatic rings. The number of amides is 1. The number of esters is 1. The second kappa shape index (κ2) is 12.6. The Morgan fingerprint density at radius 1 is 0.970 bits per heavy atom. The van der Waals surface area contributed by atoms with E-state index in [1.165, 1.54) is 44.4 Å². The molecule has 4 heterocycles. The quantitative estimate of drug-likeness (QED) is 0.443. The predicted octanol–water partition coefficient (Wildman–Crippen LogP) is 5.09. The van der Waals surface area contributed by atoms with Crippen molar-refractivity contribution in [2.75, 3.05) is 43.2 Å². The lowest BCUT2D eigenvalue weighted by atomic mass is 10.2. The molecule has 2 spiro atoms. The monoisotopic (exact) mass is 558 g/mol. The molecule has 4 saturated heterocycles. The molecule has 0 unspecified atom stereocenters. The number of nitrogens with one attached hydrogen (secondary N) is 1. The van der Waals surface area contributed by atoms with E-state index in [4.69, 9.17) is 9.47 Å². The van der Waals surface area contributed by atoms with E-state index in [-0.39, 0.29) is 22.5 Å². The fourth-order valence-corrected chi connectivity index (χ4v) is 11.1. The van der Waals surface area contributed by atoms with Crippen LogP contribution < -0.4 is 5.32 Å². The first-order chi connectivity index (χ1) is 15.1. The first kappa shape index (κ1) is 29.6. The van der Waals surface area contributed by atoms with E-state index in [1.807, 2.05) is 44.3 Å². The van der Waals surface area contributed by atoms with Crippen LogP contribution in [0.1, 0.15) is 53.4 Å². The molecule has 1 N–H and O–H groups in total. The maximum Gasteiger partial charge on any atom is 0.411 e. The van der Waals surface area contributed by atoms with Gasteiger partial charge in [0.2, 0.25) is 0 Å². The number of halogens is 1. The van der Waals surface area contributed by atoms with Gasteiger partial charge in [0.15, 0.2) is 0 Å². The number of rotatable bonds is 1. The molecule has 192 valence electrons. The summed E-state index contributed by atoms with van der Waals surface area (Å²) >= 11 is 8.05. The molecule has 0 aromatic rings. The molecule has 0 saturated carbocycles. The standard InChI is InChI=1S/C14H23NO4S2.C8H15NS2.ClH/c1-13(2,3)19-12(17)15-9-14(20-6-5-7-21-14)8-10(15)11(16)18-4;1-7-5-8(6-9-7)10-3-2-4-11-8;/h10H,5-9H2,1-4H3;7,9H,2-6H2,1H3;1H/t10-;7-;/m01./s1. The lowest BCUT2D eigenvalue weighted by Gasteiger charge is -2.32. The van der Waals surface area contributed by atoms with E-state index in [9.17, 15) is 9.59 Å². The second-order valence-corrected chi connectivity index (χ2v) is 16.2. The van der Waals surface area contributed by atoms with Crippen LogP contribution in [0.4, 0.5) is 4.79 Å². The molecule has 0 aliphatic carbocycles. The van der Waals surface area contributed by atoms with Gasteiger partial charge in [-0.3, -0.25) is 4.90 Å². The molecule has 6 nitrogen and oxygen atoms in total. The lowest BCUT2D eigenvalue weighted by molar-refractivity contribution is -0.145. The number of likely N-dealkylation sites (tertiary alicyclic amines) is 1. The number of carbonyl (C=O) groups is 2. The molecule has 0 radical (unpaired) electrons. The van der Waals surface area contributed by atoms with Crippen molar-refractivity contribution in [3.05, 3.63) is 0 Å². The van der Waals surface area contributed by atoms with Gasteiger partial charge in [0.05, 0.1) is 15.3 Å². The molecule has 2 atom stereocenters. The number of nitrogens with zero attached hydrogens (tertiary/aromatic N) is 1. The summed E-state index contributed by atoms with van der Waals surface area (Å²) < 4.78 is 10.8. The highest BCUT2D eigenvalue weighted by molar-refractivity contribution is 8.19. The Morgan fingerprint density at radius 2 is 1.52 bits per heavy atom. The van der Waals surface area contributed by atoms with Crippen LogP contribution in [0.5, 0.6) is 0 Å². The number of hydrogen-bond acceptors (Lipinski definition) is 9. The molecule has 4 rings (SSSR count). The van der Waals surface area contributed by atoms with Crippen molar-refractivity contribution < 1.29 is 19.1 Å². The number of ether oxygens (including phenoxy) is 2. The minimum atomic E-state index is -0.569. The third-order valence-electron chi connectivity index (χ3n) is 5.77. The molecular formula is C22H39ClN2O4S4. The zero-order valence-electron chi connectivity index (χ0n) is 20.3. The maximum atomic E-state index is 12.4. The zero-order chi connectivity index (χ0) is 23.4. The average molecular weight is 559 g/mol. The Morgan fingerprint density at radius 3 is 1.97 bits per heavy atom. The fraction of sp³-hybridized carbons (Fsp3) is 0.909. The van der Waals surface area contributed by atoms with Crippen LogP contribution in [0, 0.1) is 0 Å². The Balaban J connectivity index is 0.000000270. The highest BCUT2D eigenvalue weighted by atomic mass is 35.5. The number of carbonyl (C=O) groups excluding carboxylic acids is 2. The highest BCUT2D eigenvalue weighted by Crippen LogP contribution is 2.51. The van der Waals surface area contributed by atoms with Gasteiger partial charge in [-0.05, 0) is 70.0 Å². The number of methoxy groups -OCH3 is 1. The van der Waals surface area contributed by atoms with E-state index in [0.717, 1.165) is 17.5 Å². The molecule has 4 fully saturated rings. The molecular weight excluding hydrogens is 520 g/mol. The van der Waals surface area contributed by atoms with E-state index in [2.05, 4.69) is 35.8 Å². The summed E-state index contributed by atoms with van der Waals surface area (Å²) in [6.07, 6.45) is 4.15. The number of thioether (sulfide) groups is 4. The first-order valence-electron chi connectivity index (χ1n) is 11.4. The van der Waals surface area contributed by atoms with E-state index >= 15 is 0 Å². The lowest BCUT2D eigenvalue weighted by Crippen LogP contribution is -2.44. The largest absolute Gasteiger partial charge is 0.467 e. The van der Waals surface area contributed by atoms with Gasteiger partial charge in [-0.25, -0.2) is 9.59 Å². The summed E-state index contributed by atoms with van der Waals surface area (Å²) in [6.45, 7) is 9.54. The zero-order valence-corrected chi connectivity index (χ0v) is 24.4. The normalized spacial score (nSPS) is 28.0. The third-order valence-corrected chi connectivity index (χ3v) is 12.5. The SMILES string of the molecule is COC(=O)[C@@H]1CC2(CN1C(=O)OC(C)(C)C)SCCCS2.C[C@@H]1CC2(CN1)SCCCS2.Cl. The third kappa shape index (κ3) is 8.20. The molecule has 33 heavy (non-hydrogen) atoms. The Labute approximate surface area is 222 Å². The van der Waals surface area contributed by atoms with Gasteiger partial charge in [-0.1, -0.05) is 0 Å². The van der Waals surface area contributed by atoms with Gasteiger partial charge in [-0.2, -0.15) is 0 Å². The minimum Gasteiger partial charge on any atom is -0.467 e. The van der Waals surface area contributed by atoms with Gasteiger partial charge in [0.1, 0.15) is 11.6 Å². The van der Waals surface area contributed by atoms with Crippen LogP contribution in [-0.4, -0.2) is 86.0 Å². The van der Waals surface area contributed by atoms with Gasteiger partial charge < -0.3 is 14.8 Å². The van der Waals surface area contributed by atoms with Gasteiger partial charge in [0, 0.05) is 25.6 Å².